The van der Waals surface area contributed by atoms with Gasteiger partial charge in [0.2, 0.25) is 0 Å². The molecule has 21 heavy (non-hydrogen) atoms. The molecule has 4 heteroatoms. The summed E-state index contributed by atoms with van der Waals surface area (Å²) in [6, 6.07) is 10.6. The molecule has 0 aliphatic rings. The van der Waals surface area contributed by atoms with Crippen LogP contribution < -0.4 is 10.1 Å². The number of halogens is 1. The Morgan fingerprint density at radius 2 is 1.95 bits per heavy atom. The quantitative estimate of drug-likeness (QED) is 0.848. The van der Waals surface area contributed by atoms with E-state index in [1.165, 1.54) is 0 Å². The summed E-state index contributed by atoms with van der Waals surface area (Å²) in [5, 5.41) is 3.40. The number of ether oxygens (including phenoxy) is 1. The third kappa shape index (κ3) is 5.14. The lowest BCUT2D eigenvalue weighted by Gasteiger charge is -2.14. The number of nitrogens with one attached hydrogen (secondary N) is 1. The Morgan fingerprint density at radius 3 is 2.62 bits per heavy atom. The summed E-state index contributed by atoms with van der Waals surface area (Å²) in [5.41, 5.74) is 3.20. The number of rotatable bonds is 6. The van der Waals surface area contributed by atoms with Crippen molar-refractivity contribution in [3.63, 3.8) is 0 Å². The van der Waals surface area contributed by atoms with Crippen molar-refractivity contribution in [2.24, 2.45) is 0 Å². The maximum Gasteiger partial charge on any atom is 0.127 e. The predicted octanol–water partition coefficient (Wildman–Crippen LogP) is 4.23. The van der Waals surface area contributed by atoms with Crippen LogP contribution in [0.3, 0.4) is 0 Å². The highest BCUT2D eigenvalue weighted by Crippen LogP contribution is 2.20. The summed E-state index contributed by atoms with van der Waals surface area (Å²) in [5.74, 6) is 0.901. The van der Waals surface area contributed by atoms with E-state index in [9.17, 15) is 0 Å². The molecule has 0 atom stereocenters. The lowest BCUT2D eigenvalue weighted by Crippen LogP contribution is -2.22. The average molecular weight is 349 g/mol. The fraction of sp³-hybridized carbons (Fsp3) is 0.353. The highest BCUT2D eigenvalue weighted by atomic mass is 79.9. The molecule has 0 aliphatic heterocycles. The Balaban J connectivity index is 2.06. The van der Waals surface area contributed by atoms with E-state index in [0.29, 0.717) is 12.6 Å². The molecule has 0 amide bonds. The van der Waals surface area contributed by atoms with Gasteiger partial charge in [0.25, 0.3) is 0 Å². The van der Waals surface area contributed by atoms with Gasteiger partial charge in [0.15, 0.2) is 0 Å². The van der Waals surface area contributed by atoms with Crippen molar-refractivity contribution < 1.29 is 4.74 Å². The number of benzene rings is 1. The number of aromatic nitrogens is 1. The van der Waals surface area contributed by atoms with Gasteiger partial charge < -0.3 is 10.1 Å². The highest BCUT2D eigenvalue weighted by molar-refractivity contribution is 9.10. The fourth-order valence-electron chi connectivity index (χ4n) is 1.89. The van der Waals surface area contributed by atoms with Gasteiger partial charge in [-0.3, -0.25) is 4.98 Å². The van der Waals surface area contributed by atoms with E-state index in [0.717, 1.165) is 33.6 Å². The molecule has 0 spiro atoms. The first-order chi connectivity index (χ1) is 10.0. The Kier molecular flexibility index (Phi) is 5.76. The van der Waals surface area contributed by atoms with E-state index in [4.69, 9.17) is 4.74 Å². The van der Waals surface area contributed by atoms with Gasteiger partial charge in [0, 0.05) is 40.6 Å². The normalized spacial score (nSPS) is 10.9. The number of aryl methyl sites for hydroxylation is 1. The third-order valence-electron chi connectivity index (χ3n) is 3.09. The van der Waals surface area contributed by atoms with Crippen LogP contribution in [0.15, 0.2) is 41.0 Å². The van der Waals surface area contributed by atoms with Crippen LogP contribution in [0, 0.1) is 6.92 Å². The lowest BCUT2D eigenvalue weighted by molar-refractivity contribution is 0.301. The minimum absolute atomic E-state index is 0.436. The molecule has 1 aromatic heterocycles. The minimum atomic E-state index is 0.436. The molecular weight excluding hydrogens is 328 g/mol. The van der Waals surface area contributed by atoms with Crippen molar-refractivity contribution >= 4 is 15.9 Å². The summed E-state index contributed by atoms with van der Waals surface area (Å²) < 4.78 is 7.06. The summed E-state index contributed by atoms with van der Waals surface area (Å²) in [7, 11) is 0. The minimum Gasteiger partial charge on any atom is -0.488 e. The molecule has 1 N–H and O–H groups in total. The van der Waals surface area contributed by atoms with Crippen molar-refractivity contribution in [1.82, 2.24) is 10.3 Å². The van der Waals surface area contributed by atoms with Gasteiger partial charge in [0.1, 0.15) is 12.4 Å². The molecule has 0 saturated carbocycles. The van der Waals surface area contributed by atoms with E-state index in [2.05, 4.69) is 52.2 Å². The second kappa shape index (κ2) is 7.57. The first-order valence-corrected chi connectivity index (χ1v) is 7.90. The summed E-state index contributed by atoms with van der Waals surface area (Å²) in [6.45, 7) is 7.56. The maximum atomic E-state index is 5.98. The number of pyridine rings is 1. The van der Waals surface area contributed by atoms with Crippen molar-refractivity contribution in [3.8, 4) is 5.75 Å². The second-order valence-electron chi connectivity index (χ2n) is 5.38. The van der Waals surface area contributed by atoms with Gasteiger partial charge in [-0.15, -0.1) is 0 Å². The Hall–Kier alpha value is -1.39. The van der Waals surface area contributed by atoms with Crippen LogP contribution in [0.4, 0.5) is 0 Å². The average Bonchev–Trinajstić information content (AvgIpc) is 2.45. The second-order valence-corrected chi connectivity index (χ2v) is 6.30. The summed E-state index contributed by atoms with van der Waals surface area (Å²) >= 11 is 3.44. The van der Waals surface area contributed by atoms with Crippen molar-refractivity contribution in [1.29, 1.82) is 0 Å². The van der Waals surface area contributed by atoms with Crippen LogP contribution >= 0.6 is 15.9 Å². The Morgan fingerprint density at radius 1 is 1.24 bits per heavy atom. The van der Waals surface area contributed by atoms with Crippen LogP contribution in [0.1, 0.15) is 30.7 Å². The molecular formula is C17H21BrN2O. The molecule has 0 saturated heterocycles. The van der Waals surface area contributed by atoms with Crippen LogP contribution in [0.2, 0.25) is 0 Å². The molecule has 0 bridgehead atoms. The zero-order valence-electron chi connectivity index (χ0n) is 12.7. The SMILES string of the molecule is Cc1cc(OCc2ccc(Br)cc2)c(CNC(C)C)cn1. The van der Waals surface area contributed by atoms with Gasteiger partial charge in [-0.2, -0.15) is 0 Å². The first-order valence-electron chi connectivity index (χ1n) is 7.11. The molecule has 0 unspecified atom stereocenters. The zero-order chi connectivity index (χ0) is 15.2. The fourth-order valence-corrected chi connectivity index (χ4v) is 2.15. The molecule has 2 rings (SSSR count). The van der Waals surface area contributed by atoms with E-state index in [-0.39, 0.29) is 0 Å². The van der Waals surface area contributed by atoms with Gasteiger partial charge >= 0.3 is 0 Å². The van der Waals surface area contributed by atoms with E-state index in [1.807, 2.05) is 31.3 Å². The largest absolute Gasteiger partial charge is 0.488 e. The van der Waals surface area contributed by atoms with Crippen LogP contribution in [-0.4, -0.2) is 11.0 Å². The molecule has 0 fully saturated rings. The summed E-state index contributed by atoms with van der Waals surface area (Å²) in [6.07, 6.45) is 1.89. The zero-order valence-corrected chi connectivity index (χ0v) is 14.3. The lowest BCUT2D eigenvalue weighted by atomic mass is 10.2. The topological polar surface area (TPSA) is 34.1 Å². The molecule has 0 radical (unpaired) electrons. The molecule has 0 aliphatic carbocycles. The van der Waals surface area contributed by atoms with Crippen molar-refractivity contribution in [2.45, 2.75) is 40.0 Å². The maximum absolute atomic E-state index is 5.98. The number of hydrogen-bond donors (Lipinski definition) is 1. The van der Waals surface area contributed by atoms with Gasteiger partial charge in [0.05, 0.1) is 0 Å². The van der Waals surface area contributed by atoms with Gasteiger partial charge in [-0.1, -0.05) is 41.9 Å². The third-order valence-corrected chi connectivity index (χ3v) is 3.62. The van der Waals surface area contributed by atoms with E-state index < -0.39 is 0 Å². The molecule has 112 valence electrons. The molecule has 1 aromatic carbocycles. The first kappa shape index (κ1) is 16.0. The summed E-state index contributed by atoms with van der Waals surface area (Å²) in [4.78, 5) is 4.36. The van der Waals surface area contributed by atoms with Crippen LogP contribution in [0.5, 0.6) is 5.75 Å². The molecule has 1 heterocycles. The van der Waals surface area contributed by atoms with Crippen LogP contribution in [-0.2, 0) is 13.2 Å². The molecule has 2 aromatic rings. The Bertz CT molecular complexity index is 582. The van der Waals surface area contributed by atoms with Crippen molar-refractivity contribution in [3.05, 3.63) is 57.8 Å². The van der Waals surface area contributed by atoms with Crippen molar-refractivity contribution in [2.75, 3.05) is 0 Å². The number of hydrogen-bond acceptors (Lipinski definition) is 3. The van der Waals surface area contributed by atoms with Crippen LogP contribution in [0.25, 0.3) is 0 Å². The predicted molar refractivity (Wildman–Crippen MR) is 89.4 cm³/mol. The number of nitrogens with zero attached hydrogens (tertiary/aromatic N) is 1. The van der Waals surface area contributed by atoms with E-state index >= 15 is 0 Å². The van der Waals surface area contributed by atoms with Gasteiger partial charge in [-0.05, 0) is 24.6 Å². The highest BCUT2D eigenvalue weighted by Gasteiger charge is 2.06. The Labute approximate surface area is 134 Å². The van der Waals surface area contributed by atoms with Gasteiger partial charge in [-0.25, -0.2) is 0 Å². The smallest absolute Gasteiger partial charge is 0.127 e. The monoisotopic (exact) mass is 348 g/mol. The van der Waals surface area contributed by atoms with E-state index in [1.54, 1.807) is 0 Å². The molecule has 3 nitrogen and oxygen atoms in total. The standard InChI is InChI=1S/C17H21BrN2O/c1-12(2)19-9-15-10-20-13(3)8-17(15)21-11-14-4-6-16(18)7-5-14/h4-8,10,12,19H,9,11H2,1-3H3.